The van der Waals surface area contributed by atoms with Crippen molar-refractivity contribution in [1.29, 1.82) is 0 Å². The van der Waals surface area contributed by atoms with Crippen LogP contribution in [0.1, 0.15) is 64.7 Å². The molecule has 0 atom stereocenters. The second-order valence-electron chi connectivity index (χ2n) is 8.77. The molecule has 1 amide bonds. The first kappa shape index (κ1) is 25.0. The van der Waals surface area contributed by atoms with E-state index in [0.29, 0.717) is 17.9 Å². The molecule has 1 heterocycles. The number of aromatic hydroxyl groups is 1. The van der Waals surface area contributed by atoms with Crippen LogP contribution in [0.25, 0.3) is 11.1 Å². The number of benzene rings is 2. The molecular weight excluding hydrogens is 419 g/mol. The van der Waals surface area contributed by atoms with Gasteiger partial charge in [0.25, 0.3) is 0 Å². The highest BCUT2D eigenvalue weighted by atomic mass is 19.1. The van der Waals surface area contributed by atoms with Crippen LogP contribution >= 0.6 is 0 Å². The SMILES string of the molecule is CCCCCCCCCOC(=O)N(c1ccccc1-c1ccc(O)c(F)c1)C1CCNCC1. The maximum absolute atomic E-state index is 14.1. The number of nitrogens with one attached hydrogen (secondary N) is 1. The van der Waals surface area contributed by atoms with Crippen molar-refractivity contribution < 1.29 is 19.0 Å². The van der Waals surface area contributed by atoms with Crippen LogP contribution in [0.15, 0.2) is 42.5 Å². The first-order valence-electron chi connectivity index (χ1n) is 12.4. The van der Waals surface area contributed by atoms with Crippen molar-refractivity contribution in [3.05, 3.63) is 48.3 Å². The minimum Gasteiger partial charge on any atom is -0.505 e. The summed E-state index contributed by atoms with van der Waals surface area (Å²) in [6, 6.07) is 11.8. The molecule has 0 radical (unpaired) electrons. The van der Waals surface area contributed by atoms with Gasteiger partial charge in [-0.25, -0.2) is 9.18 Å². The molecule has 0 unspecified atom stereocenters. The van der Waals surface area contributed by atoms with Crippen LogP contribution < -0.4 is 10.2 Å². The lowest BCUT2D eigenvalue weighted by atomic mass is 9.99. The molecule has 1 saturated heterocycles. The van der Waals surface area contributed by atoms with Gasteiger partial charge in [-0.05, 0) is 56.1 Å². The average molecular weight is 457 g/mol. The lowest BCUT2D eigenvalue weighted by molar-refractivity contribution is 0.147. The van der Waals surface area contributed by atoms with Crippen molar-refractivity contribution in [2.75, 3.05) is 24.6 Å². The molecule has 2 N–H and O–H groups in total. The maximum Gasteiger partial charge on any atom is 0.414 e. The van der Waals surface area contributed by atoms with Crippen LogP contribution in [0.2, 0.25) is 0 Å². The van der Waals surface area contributed by atoms with Crippen molar-refractivity contribution in [3.8, 4) is 16.9 Å². The van der Waals surface area contributed by atoms with Crippen LogP contribution in [-0.2, 0) is 4.74 Å². The number of nitrogens with zero attached hydrogens (tertiary/aromatic N) is 1. The molecule has 1 fully saturated rings. The van der Waals surface area contributed by atoms with Gasteiger partial charge in [-0.15, -0.1) is 0 Å². The smallest absolute Gasteiger partial charge is 0.414 e. The standard InChI is InChI=1S/C27H37FN2O3/c1-2-3-4-5-6-7-10-19-33-27(32)30(22-15-17-29-18-16-22)25-12-9-8-11-23(25)21-13-14-26(31)24(28)20-21/h8-9,11-14,20,22,29,31H,2-7,10,15-19H2,1H3. The van der Waals surface area contributed by atoms with Crippen molar-refractivity contribution in [2.24, 2.45) is 0 Å². The summed E-state index contributed by atoms with van der Waals surface area (Å²) < 4.78 is 19.8. The Hall–Kier alpha value is -2.60. The Bertz CT molecular complexity index is 883. The number of unbranched alkanes of at least 4 members (excludes halogenated alkanes) is 6. The number of halogens is 1. The number of phenolic OH excluding ortho intramolecular Hbond substituents is 1. The fraction of sp³-hybridized carbons (Fsp3) is 0.519. The zero-order chi connectivity index (χ0) is 23.5. The molecule has 3 rings (SSSR count). The van der Waals surface area contributed by atoms with Gasteiger partial charge in [0.15, 0.2) is 11.6 Å². The number of piperidine rings is 1. The lowest BCUT2D eigenvalue weighted by Crippen LogP contribution is -2.47. The Morgan fingerprint density at radius 1 is 1.06 bits per heavy atom. The Labute approximate surface area is 197 Å². The fourth-order valence-electron chi connectivity index (χ4n) is 4.40. The highest BCUT2D eigenvalue weighted by Crippen LogP contribution is 2.35. The molecule has 0 saturated carbocycles. The number of hydrogen-bond donors (Lipinski definition) is 2. The normalized spacial score (nSPS) is 14.2. The third-order valence-corrected chi connectivity index (χ3v) is 6.27. The number of hydrogen-bond acceptors (Lipinski definition) is 4. The van der Waals surface area contributed by atoms with E-state index < -0.39 is 5.82 Å². The molecule has 33 heavy (non-hydrogen) atoms. The molecular formula is C27H37FN2O3. The number of phenols is 1. The summed E-state index contributed by atoms with van der Waals surface area (Å²) in [5, 5.41) is 12.9. The molecule has 0 spiro atoms. The van der Waals surface area contributed by atoms with Crippen LogP contribution in [0.5, 0.6) is 5.75 Å². The lowest BCUT2D eigenvalue weighted by Gasteiger charge is -2.35. The number of rotatable bonds is 11. The predicted octanol–water partition coefficient (Wildman–Crippen LogP) is 6.64. The van der Waals surface area contributed by atoms with E-state index in [1.165, 1.54) is 44.2 Å². The van der Waals surface area contributed by atoms with Crippen molar-refractivity contribution in [2.45, 2.75) is 70.8 Å². The van der Waals surface area contributed by atoms with E-state index in [4.69, 9.17) is 4.74 Å². The molecule has 2 aromatic carbocycles. The van der Waals surface area contributed by atoms with E-state index >= 15 is 0 Å². The zero-order valence-electron chi connectivity index (χ0n) is 19.7. The molecule has 5 nitrogen and oxygen atoms in total. The van der Waals surface area contributed by atoms with E-state index in [1.54, 1.807) is 11.0 Å². The van der Waals surface area contributed by atoms with Gasteiger partial charge in [-0.2, -0.15) is 0 Å². The van der Waals surface area contributed by atoms with Crippen molar-refractivity contribution in [1.82, 2.24) is 5.32 Å². The third kappa shape index (κ3) is 7.19. The van der Waals surface area contributed by atoms with Gasteiger partial charge in [0.1, 0.15) is 0 Å². The summed E-state index contributed by atoms with van der Waals surface area (Å²) >= 11 is 0. The second kappa shape index (κ2) is 13.2. The van der Waals surface area contributed by atoms with E-state index in [2.05, 4.69) is 12.2 Å². The zero-order valence-corrected chi connectivity index (χ0v) is 19.7. The van der Waals surface area contributed by atoms with E-state index in [-0.39, 0.29) is 17.9 Å². The van der Waals surface area contributed by atoms with Crippen LogP contribution in [0.3, 0.4) is 0 Å². The van der Waals surface area contributed by atoms with Gasteiger partial charge < -0.3 is 15.2 Å². The number of para-hydroxylation sites is 1. The monoisotopic (exact) mass is 456 g/mol. The number of amides is 1. The van der Waals surface area contributed by atoms with Crippen LogP contribution in [-0.4, -0.2) is 36.9 Å². The molecule has 0 aliphatic carbocycles. The largest absolute Gasteiger partial charge is 0.505 e. The Morgan fingerprint density at radius 2 is 1.76 bits per heavy atom. The summed E-state index contributed by atoms with van der Waals surface area (Å²) in [5.74, 6) is -1.07. The highest BCUT2D eigenvalue weighted by Gasteiger charge is 2.30. The molecule has 0 aromatic heterocycles. The molecule has 180 valence electrons. The van der Waals surface area contributed by atoms with E-state index in [1.807, 2.05) is 24.3 Å². The number of ether oxygens (including phenoxy) is 1. The van der Waals surface area contributed by atoms with Gasteiger partial charge in [0.2, 0.25) is 0 Å². The van der Waals surface area contributed by atoms with Gasteiger partial charge in [0, 0.05) is 11.6 Å². The second-order valence-corrected chi connectivity index (χ2v) is 8.77. The van der Waals surface area contributed by atoms with E-state index in [9.17, 15) is 14.3 Å². The van der Waals surface area contributed by atoms with Crippen LogP contribution in [0.4, 0.5) is 14.9 Å². The van der Waals surface area contributed by atoms with Gasteiger partial charge in [0.05, 0.1) is 12.3 Å². The third-order valence-electron chi connectivity index (χ3n) is 6.27. The fourth-order valence-corrected chi connectivity index (χ4v) is 4.40. The average Bonchev–Trinajstić information content (AvgIpc) is 2.84. The first-order valence-corrected chi connectivity index (χ1v) is 12.4. The maximum atomic E-state index is 14.1. The molecule has 1 aliphatic rings. The Morgan fingerprint density at radius 3 is 2.48 bits per heavy atom. The molecule has 2 aromatic rings. The van der Waals surface area contributed by atoms with Crippen LogP contribution in [0, 0.1) is 5.82 Å². The van der Waals surface area contributed by atoms with E-state index in [0.717, 1.165) is 44.3 Å². The highest BCUT2D eigenvalue weighted by molar-refractivity contribution is 5.94. The Kier molecular flexibility index (Phi) is 10.0. The summed E-state index contributed by atoms with van der Waals surface area (Å²) in [6.07, 6.45) is 9.43. The Balaban J connectivity index is 1.73. The number of anilines is 1. The minimum absolute atomic E-state index is 0.0101. The summed E-state index contributed by atoms with van der Waals surface area (Å²) in [7, 11) is 0. The minimum atomic E-state index is -0.683. The predicted molar refractivity (Wildman–Crippen MR) is 131 cm³/mol. The summed E-state index contributed by atoms with van der Waals surface area (Å²) in [5.41, 5.74) is 2.06. The quantitative estimate of drug-likeness (QED) is 0.372. The van der Waals surface area contributed by atoms with Gasteiger partial charge >= 0.3 is 6.09 Å². The van der Waals surface area contributed by atoms with Gasteiger partial charge in [-0.1, -0.05) is 69.7 Å². The molecule has 1 aliphatic heterocycles. The topological polar surface area (TPSA) is 61.8 Å². The molecule has 6 heteroatoms. The first-order chi connectivity index (χ1) is 16.1. The summed E-state index contributed by atoms with van der Waals surface area (Å²) in [6.45, 7) is 4.29. The summed E-state index contributed by atoms with van der Waals surface area (Å²) in [4.78, 5) is 15.0. The van der Waals surface area contributed by atoms with Gasteiger partial charge in [-0.3, -0.25) is 4.90 Å². The number of carbonyl (C=O) groups is 1. The molecule has 0 bridgehead atoms. The van der Waals surface area contributed by atoms with Crippen molar-refractivity contribution in [3.63, 3.8) is 0 Å². The van der Waals surface area contributed by atoms with Crippen molar-refractivity contribution >= 4 is 11.8 Å². The number of carbonyl (C=O) groups excluding carboxylic acids is 1.